The second-order valence-electron chi connectivity index (χ2n) is 6.01. The molecule has 0 atom stereocenters. The molecule has 4 rings (SSSR count). The van der Waals surface area contributed by atoms with Gasteiger partial charge in [-0.05, 0) is 38.0 Å². The van der Waals surface area contributed by atoms with Gasteiger partial charge in [-0.1, -0.05) is 18.2 Å². The zero-order valence-electron chi connectivity index (χ0n) is 13.2. The van der Waals surface area contributed by atoms with E-state index >= 15 is 0 Å². The minimum atomic E-state index is 0.511. The highest BCUT2D eigenvalue weighted by atomic mass is 16.5. The van der Waals surface area contributed by atoms with Crippen molar-refractivity contribution in [2.24, 2.45) is 0 Å². The molecule has 116 valence electrons. The zero-order valence-corrected chi connectivity index (χ0v) is 13.2. The maximum Gasteiger partial charge on any atom is 0.161 e. The summed E-state index contributed by atoms with van der Waals surface area (Å²) in [6, 6.07) is 12.3. The average molecular weight is 305 g/mol. The van der Waals surface area contributed by atoms with Crippen LogP contribution in [0.4, 0.5) is 0 Å². The molecule has 3 heterocycles. The molecule has 0 bridgehead atoms. The van der Waals surface area contributed by atoms with E-state index in [0.717, 1.165) is 59.7 Å². The molecule has 0 spiro atoms. The van der Waals surface area contributed by atoms with Crippen LogP contribution in [-0.4, -0.2) is 28.2 Å². The van der Waals surface area contributed by atoms with Crippen molar-refractivity contribution in [3.8, 4) is 11.4 Å². The van der Waals surface area contributed by atoms with E-state index in [1.54, 1.807) is 0 Å². The number of hydrogen-bond acceptors (Lipinski definition) is 4. The number of aryl methyl sites for hydroxylation is 1. The van der Waals surface area contributed by atoms with Gasteiger partial charge in [0.05, 0.1) is 5.52 Å². The number of nitrogens with zero attached hydrogens (tertiary/aromatic N) is 3. The summed E-state index contributed by atoms with van der Waals surface area (Å²) < 4.78 is 5.42. The first-order valence-electron chi connectivity index (χ1n) is 8.09. The lowest BCUT2D eigenvalue weighted by atomic mass is 9.96. The molecule has 0 unspecified atom stereocenters. The molecule has 0 N–H and O–H groups in total. The van der Waals surface area contributed by atoms with Crippen LogP contribution in [0, 0.1) is 6.92 Å². The number of rotatable bonds is 2. The van der Waals surface area contributed by atoms with Crippen LogP contribution in [-0.2, 0) is 4.74 Å². The second kappa shape index (κ2) is 6.05. The van der Waals surface area contributed by atoms with Crippen LogP contribution in [0.3, 0.4) is 0 Å². The van der Waals surface area contributed by atoms with Crippen LogP contribution in [0.25, 0.3) is 22.3 Å². The Bertz CT molecular complexity index is 824. The third kappa shape index (κ3) is 2.82. The lowest BCUT2D eigenvalue weighted by molar-refractivity contribution is 0.0845. The van der Waals surface area contributed by atoms with Crippen LogP contribution < -0.4 is 0 Å². The van der Waals surface area contributed by atoms with E-state index in [0.29, 0.717) is 5.92 Å². The van der Waals surface area contributed by atoms with E-state index in [2.05, 4.69) is 33.2 Å². The largest absolute Gasteiger partial charge is 0.381 e. The van der Waals surface area contributed by atoms with E-state index in [1.807, 2.05) is 31.3 Å². The first-order chi connectivity index (χ1) is 11.3. The van der Waals surface area contributed by atoms with Crippen LogP contribution in [0.5, 0.6) is 0 Å². The maximum absolute atomic E-state index is 5.42. The summed E-state index contributed by atoms with van der Waals surface area (Å²) in [6.45, 7) is 3.69. The highest BCUT2D eigenvalue weighted by Crippen LogP contribution is 2.27. The van der Waals surface area contributed by atoms with Crippen LogP contribution in [0.15, 0.2) is 42.6 Å². The smallest absolute Gasteiger partial charge is 0.161 e. The lowest BCUT2D eigenvalue weighted by Crippen LogP contribution is -2.15. The number of fused-ring (bicyclic) bond motifs is 1. The third-order valence-corrected chi connectivity index (χ3v) is 4.48. The molecule has 0 aliphatic carbocycles. The Labute approximate surface area is 135 Å². The third-order valence-electron chi connectivity index (χ3n) is 4.48. The SMILES string of the molecule is Cc1nc(-c2ccc(C3CCOCC3)nc2)nc2ccccc12. The fourth-order valence-corrected chi connectivity index (χ4v) is 3.14. The lowest BCUT2D eigenvalue weighted by Gasteiger charge is -2.21. The Morgan fingerprint density at radius 1 is 1.00 bits per heavy atom. The highest BCUT2D eigenvalue weighted by Gasteiger charge is 2.17. The fourth-order valence-electron chi connectivity index (χ4n) is 3.14. The molecule has 3 aromatic rings. The molecule has 2 aromatic heterocycles. The molecule has 1 aliphatic rings. The molecular weight excluding hydrogens is 286 g/mol. The Morgan fingerprint density at radius 3 is 2.61 bits per heavy atom. The quantitative estimate of drug-likeness (QED) is 0.720. The Balaban J connectivity index is 1.67. The van der Waals surface area contributed by atoms with Gasteiger partial charge in [0, 0.05) is 47.7 Å². The number of aromatic nitrogens is 3. The van der Waals surface area contributed by atoms with Crippen LogP contribution in [0.1, 0.15) is 30.1 Å². The molecule has 0 saturated carbocycles. The van der Waals surface area contributed by atoms with Gasteiger partial charge in [0.15, 0.2) is 5.82 Å². The fraction of sp³-hybridized carbons (Fsp3) is 0.316. The summed E-state index contributed by atoms with van der Waals surface area (Å²) >= 11 is 0. The van der Waals surface area contributed by atoms with Gasteiger partial charge in [-0.2, -0.15) is 0 Å². The maximum atomic E-state index is 5.42. The number of hydrogen-bond donors (Lipinski definition) is 0. The second-order valence-corrected chi connectivity index (χ2v) is 6.01. The monoisotopic (exact) mass is 305 g/mol. The van der Waals surface area contributed by atoms with Crippen molar-refractivity contribution in [2.45, 2.75) is 25.7 Å². The van der Waals surface area contributed by atoms with Gasteiger partial charge in [0.2, 0.25) is 0 Å². The van der Waals surface area contributed by atoms with Crippen molar-refractivity contribution in [2.75, 3.05) is 13.2 Å². The first kappa shape index (κ1) is 14.3. The standard InChI is InChI=1S/C19H19N3O/c1-13-16-4-2-3-5-18(16)22-19(21-13)15-6-7-17(20-12-15)14-8-10-23-11-9-14/h2-7,12,14H,8-11H2,1H3. The molecule has 1 aromatic carbocycles. The normalized spacial score (nSPS) is 15.9. The van der Waals surface area contributed by atoms with Crippen molar-refractivity contribution in [3.05, 3.63) is 54.0 Å². The molecule has 1 fully saturated rings. The van der Waals surface area contributed by atoms with Crippen molar-refractivity contribution in [3.63, 3.8) is 0 Å². The minimum absolute atomic E-state index is 0.511. The number of ether oxygens (including phenoxy) is 1. The first-order valence-corrected chi connectivity index (χ1v) is 8.09. The molecule has 1 aliphatic heterocycles. The average Bonchev–Trinajstić information content (AvgIpc) is 2.63. The van der Waals surface area contributed by atoms with Gasteiger partial charge in [-0.25, -0.2) is 9.97 Å². The van der Waals surface area contributed by atoms with Gasteiger partial charge in [-0.3, -0.25) is 4.98 Å². The van der Waals surface area contributed by atoms with E-state index in [1.165, 1.54) is 0 Å². The van der Waals surface area contributed by atoms with E-state index in [9.17, 15) is 0 Å². The van der Waals surface area contributed by atoms with E-state index < -0.39 is 0 Å². The molecule has 4 heteroatoms. The Hall–Kier alpha value is -2.33. The number of para-hydroxylation sites is 1. The summed E-state index contributed by atoms with van der Waals surface area (Å²) in [5.74, 6) is 1.25. The van der Waals surface area contributed by atoms with Gasteiger partial charge in [0.1, 0.15) is 0 Å². The molecule has 4 nitrogen and oxygen atoms in total. The Morgan fingerprint density at radius 2 is 1.83 bits per heavy atom. The summed E-state index contributed by atoms with van der Waals surface area (Å²) in [5, 5.41) is 1.10. The van der Waals surface area contributed by atoms with Crippen LogP contribution in [0.2, 0.25) is 0 Å². The Kier molecular flexibility index (Phi) is 3.75. The molecule has 23 heavy (non-hydrogen) atoms. The summed E-state index contributed by atoms with van der Waals surface area (Å²) in [5.41, 5.74) is 4.09. The minimum Gasteiger partial charge on any atom is -0.381 e. The van der Waals surface area contributed by atoms with Gasteiger partial charge in [0.25, 0.3) is 0 Å². The molecule has 0 amide bonds. The molecular formula is C19H19N3O. The molecule has 1 saturated heterocycles. The van der Waals surface area contributed by atoms with E-state index in [-0.39, 0.29) is 0 Å². The number of benzene rings is 1. The van der Waals surface area contributed by atoms with Crippen molar-refractivity contribution < 1.29 is 4.74 Å². The van der Waals surface area contributed by atoms with Crippen molar-refractivity contribution in [1.82, 2.24) is 15.0 Å². The molecule has 0 radical (unpaired) electrons. The van der Waals surface area contributed by atoms with Gasteiger partial charge < -0.3 is 4.74 Å². The highest BCUT2D eigenvalue weighted by molar-refractivity contribution is 5.82. The predicted octanol–water partition coefficient (Wildman–Crippen LogP) is 3.89. The van der Waals surface area contributed by atoms with Crippen LogP contribution >= 0.6 is 0 Å². The summed E-state index contributed by atoms with van der Waals surface area (Å²) in [6.07, 6.45) is 4.00. The van der Waals surface area contributed by atoms with Gasteiger partial charge >= 0.3 is 0 Å². The zero-order chi connectivity index (χ0) is 15.6. The van der Waals surface area contributed by atoms with Crippen molar-refractivity contribution >= 4 is 10.9 Å². The van der Waals surface area contributed by atoms with Gasteiger partial charge in [-0.15, -0.1) is 0 Å². The number of pyridine rings is 1. The topological polar surface area (TPSA) is 47.9 Å². The van der Waals surface area contributed by atoms with Crippen molar-refractivity contribution in [1.29, 1.82) is 0 Å². The summed E-state index contributed by atoms with van der Waals surface area (Å²) in [4.78, 5) is 14.0. The predicted molar refractivity (Wildman–Crippen MR) is 90.3 cm³/mol. The summed E-state index contributed by atoms with van der Waals surface area (Å²) in [7, 11) is 0. The van der Waals surface area contributed by atoms with E-state index in [4.69, 9.17) is 4.74 Å².